The van der Waals surface area contributed by atoms with Crippen molar-refractivity contribution >= 4 is 17.5 Å². The minimum absolute atomic E-state index is 0.0702. The van der Waals surface area contributed by atoms with E-state index in [0.717, 1.165) is 13.1 Å². The van der Waals surface area contributed by atoms with Gasteiger partial charge in [0.1, 0.15) is 5.69 Å². The molecule has 1 fully saturated rings. The molecule has 1 saturated heterocycles. The molecule has 2 heterocycles. The van der Waals surface area contributed by atoms with E-state index in [1.165, 1.54) is 0 Å². The fourth-order valence-electron chi connectivity index (χ4n) is 2.70. The molecule has 2 atom stereocenters. The summed E-state index contributed by atoms with van der Waals surface area (Å²) in [5.41, 5.74) is 0.682. The van der Waals surface area contributed by atoms with Gasteiger partial charge in [0.15, 0.2) is 0 Å². The molecule has 5 heteroatoms. The number of nitrogens with one attached hydrogen (secondary N) is 1. The second-order valence-electron chi connectivity index (χ2n) is 5.72. The Kier molecular flexibility index (Phi) is 4.21. The Morgan fingerprint density at radius 2 is 1.95 bits per heavy atom. The van der Waals surface area contributed by atoms with Gasteiger partial charge in [-0.3, -0.25) is 4.79 Å². The van der Waals surface area contributed by atoms with E-state index in [0.29, 0.717) is 22.8 Å². The van der Waals surface area contributed by atoms with Crippen molar-refractivity contribution in [2.24, 2.45) is 0 Å². The second kappa shape index (κ2) is 5.55. The van der Waals surface area contributed by atoms with Crippen LogP contribution in [0.25, 0.3) is 0 Å². The van der Waals surface area contributed by atoms with Crippen molar-refractivity contribution in [3.63, 3.8) is 0 Å². The van der Waals surface area contributed by atoms with Crippen molar-refractivity contribution in [1.29, 1.82) is 0 Å². The summed E-state index contributed by atoms with van der Waals surface area (Å²) in [6.45, 7) is 9.79. The largest absolute Gasteiger partial charge is 0.339 e. The van der Waals surface area contributed by atoms with Crippen LogP contribution in [-0.2, 0) is 0 Å². The van der Waals surface area contributed by atoms with E-state index in [1.54, 1.807) is 6.07 Å². The highest BCUT2D eigenvalue weighted by atomic mass is 35.5. The number of aromatic nitrogens is 1. The van der Waals surface area contributed by atoms with Crippen molar-refractivity contribution < 1.29 is 4.79 Å². The Balaban J connectivity index is 2.24. The normalized spacial score (nSPS) is 24.0. The van der Waals surface area contributed by atoms with Crippen LogP contribution in [0.2, 0.25) is 5.02 Å². The molecule has 1 aromatic heterocycles. The van der Waals surface area contributed by atoms with E-state index < -0.39 is 0 Å². The third-order valence-corrected chi connectivity index (χ3v) is 3.64. The number of hydrogen-bond acceptors (Lipinski definition) is 2. The minimum atomic E-state index is 0.0702. The molecule has 2 rings (SSSR count). The molecule has 1 N–H and O–H groups in total. The van der Waals surface area contributed by atoms with Gasteiger partial charge in [-0.1, -0.05) is 11.6 Å². The summed E-state index contributed by atoms with van der Waals surface area (Å²) < 4.78 is 1.95. The zero-order chi connectivity index (χ0) is 14.2. The predicted molar refractivity (Wildman–Crippen MR) is 77.8 cm³/mol. The van der Waals surface area contributed by atoms with Gasteiger partial charge < -0.3 is 14.8 Å². The Morgan fingerprint density at radius 3 is 2.47 bits per heavy atom. The van der Waals surface area contributed by atoms with Crippen LogP contribution in [0, 0.1) is 0 Å². The van der Waals surface area contributed by atoms with Crippen LogP contribution >= 0.6 is 11.6 Å². The van der Waals surface area contributed by atoms with Crippen LogP contribution < -0.4 is 5.32 Å². The van der Waals surface area contributed by atoms with E-state index in [4.69, 9.17) is 11.6 Å². The number of halogens is 1. The highest BCUT2D eigenvalue weighted by molar-refractivity contribution is 6.31. The molecule has 4 nitrogen and oxygen atoms in total. The summed E-state index contributed by atoms with van der Waals surface area (Å²) in [4.78, 5) is 14.6. The van der Waals surface area contributed by atoms with Gasteiger partial charge in [0.05, 0.1) is 5.02 Å². The fraction of sp³-hybridized carbons (Fsp3) is 0.643. The molecule has 2 unspecified atom stereocenters. The number of piperazine rings is 1. The first kappa shape index (κ1) is 14.4. The average molecular weight is 284 g/mol. The minimum Gasteiger partial charge on any atom is -0.339 e. The first-order valence-corrected chi connectivity index (χ1v) is 7.19. The monoisotopic (exact) mass is 283 g/mol. The Bertz CT molecular complexity index is 459. The topological polar surface area (TPSA) is 37.3 Å². The Hall–Kier alpha value is -1.00. The third-order valence-electron chi connectivity index (χ3n) is 3.44. The smallest absolute Gasteiger partial charge is 0.270 e. The van der Waals surface area contributed by atoms with Crippen molar-refractivity contribution in [2.75, 3.05) is 13.1 Å². The highest BCUT2D eigenvalue weighted by Crippen LogP contribution is 2.21. The van der Waals surface area contributed by atoms with Crippen LogP contribution in [0.5, 0.6) is 0 Å². The number of hydrogen-bond donors (Lipinski definition) is 1. The van der Waals surface area contributed by atoms with Gasteiger partial charge in [0.2, 0.25) is 0 Å². The van der Waals surface area contributed by atoms with Crippen molar-refractivity contribution in [3.8, 4) is 0 Å². The quantitative estimate of drug-likeness (QED) is 0.906. The molecule has 0 saturated carbocycles. The first-order valence-electron chi connectivity index (χ1n) is 6.81. The zero-order valence-electron chi connectivity index (χ0n) is 12.0. The van der Waals surface area contributed by atoms with Crippen molar-refractivity contribution in [3.05, 3.63) is 23.0 Å². The summed E-state index contributed by atoms with van der Waals surface area (Å²) in [7, 11) is 0. The Labute approximate surface area is 119 Å². The molecule has 19 heavy (non-hydrogen) atoms. The molecular weight excluding hydrogens is 262 g/mol. The maximum atomic E-state index is 12.6. The van der Waals surface area contributed by atoms with Gasteiger partial charge >= 0.3 is 0 Å². The van der Waals surface area contributed by atoms with Crippen LogP contribution in [0.4, 0.5) is 0 Å². The van der Waals surface area contributed by atoms with Gasteiger partial charge in [-0.05, 0) is 33.8 Å². The zero-order valence-corrected chi connectivity index (χ0v) is 12.7. The van der Waals surface area contributed by atoms with Gasteiger partial charge in [-0.25, -0.2) is 0 Å². The standard InChI is InChI=1S/C14H22ClN3O/c1-9(2)18-8-12(15)5-13(18)14(19)17-6-10(3)16-11(4)7-17/h5,8-11,16H,6-7H2,1-4H3. The molecule has 1 amide bonds. The van der Waals surface area contributed by atoms with Gasteiger partial charge in [0.25, 0.3) is 5.91 Å². The lowest BCUT2D eigenvalue weighted by Gasteiger charge is -2.36. The molecule has 1 aliphatic rings. The molecule has 0 aromatic carbocycles. The number of carbonyl (C=O) groups is 1. The number of nitrogens with zero attached hydrogens (tertiary/aromatic N) is 2. The van der Waals surface area contributed by atoms with E-state index in [9.17, 15) is 4.79 Å². The summed E-state index contributed by atoms with van der Waals surface area (Å²) >= 11 is 6.05. The van der Waals surface area contributed by atoms with Gasteiger partial charge in [-0.15, -0.1) is 0 Å². The average Bonchev–Trinajstić information content (AvgIpc) is 2.69. The third kappa shape index (κ3) is 3.12. The SMILES string of the molecule is CC1CN(C(=O)c2cc(Cl)cn2C(C)C)CC(C)N1. The summed E-state index contributed by atoms with van der Waals surface area (Å²) in [5, 5.41) is 4.05. The summed E-state index contributed by atoms with van der Waals surface area (Å²) in [5.74, 6) is 0.0702. The highest BCUT2D eigenvalue weighted by Gasteiger charge is 2.27. The van der Waals surface area contributed by atoms with E-state index in [-0.39, 0.29) is 11.9 Å². The van der Waals surface area contributed by atoms with E-state index in [1.807, 2.05) is 15.7 Å². The Morgan fingerprint density at radius 1 is 1.37 bits per heavy atom. The second-order valence-corrected chi connectivity index (χ2v) is 6.16. The van der Waals surface area contributed by atoms with E-state index >= 15 is 0 Å². The number of carbonyl (C=O) groups excluding carboxylic acids is 1. The lowest BCUT2D eigenvalue weighted by atomic mass is 10.1. The lowest BCUT2D eigenvalue weighted by molar-refractivity contribution is 0.0661. The molecule has 0 radical (unpaired) electrons. The van der Waals surface area contributed by atoms with Crippen LogP contribution in [0.3, 0.4) is 0 Å². The molecule has 1 aliphatic heterocycles. The van der Waals surface area contributed by atoms with Crippen LogP contribution in [-0.4, -0.2) is 40.5 Å². The number of rotatable bonds is 2. The molecule has 1 aromatic rings. The van der Waals surface area contributed by atoms with Gasteiger partial charge in [0, 0.05) is 37.4 Å². The molecule has 0 bridgehead atoms. The van der Waals surface area contributed by atoms with Gasteiger partial charge in [-0.2, -0.15) is 0 Å². The summed E-state index contributed by atoms with van der Waals surface area (Å²) in [6.07, 6.45) is 1.83. The maximum absolute atomic E-state index is 12.6. The molecular formula is C14H22ClN3O. The molecule has 0 spiro atoms. The van der Waals surface area contributed by atoms with Crippen LogP contribution in [0.15, 0.2) is 12.3 Å². The van der Waals surface area contributed by atoms with Crippen LogP contribution in [0.1, 0.15) is 44.2 Å². The van der Waals surface area contributed by atoms with Crippen molar-refractivity contribution in [1.82, 2.24) is 14.8 Å². The first-order chi connectivity index (χ1) is 8.88. The van der Waals surface area contributed by atoms with Crippen molar-refractivity contribution in [2.45, 2.75) is 45.8 Å². The maximum Gasteiger partial charge on any atom is 0.270 e. The predicted octanol–water partition coefficient (Wildman–Crippen LogP) is 2.54. The molecule has 0 aliphatic carbocycles. The summed E-state index contributed by atoms with van der Waals surface area (Å²) in [6, 6.07) is 2.64. The molecule has 106 valence electrons. The van der Waals surface area contributed by atoms with E-state index in [2.05, 4.69) is 33.0 Å². The fourth-order valence-corrected chi connectivity index (χ4v) is 2.91. The number of amides is 1. The lowest BCUT2D eigenvalue weighted by Crippen LogP contribution is -2.56.